The van der Waals surface area contributed by atoms with E-state index < -0.39 is 17.5 Å². The zero-order valence-corrected chi connectivity index (χ0v) is 18.7. The van der Waals surface area contributed by atoms with Gasteiger partial charge in [-0.15, -0.1) is 0 Å². The lowest BCUT2D eigenvalue weighted by molar-refractivity contribution is -0.144. The lowest BCUT2D eigenvalue weighted by atomic mass is 9.95. The Morgan fingerprint density at radius 3 is 2.67 bits per heavy atom. The number of hydrogen-bond donors (Lipinski definition) is 1. The molecule has 0 spiro atoms. The summed E-state index contributed by atoms with van der Waals surface area (Å²) in [4.78, 5) is 28.8. The van der Waals surface area contributed by atoms with Gasteiger partial charge in [0, 0.05) is 9.89 Å². The van der Waals surface area contributed by atoms with Gasteiger partial charge in [0.2, 0.25) is 0 Å². The molecule has 0 saturated heterocycles. The number of aromatic nitrogens is 2. The van der Waals surface area contributed by atoms with E-state index in [9.17, 15) is 9.59 Å². The molecular formula is C22H22BrN3O4. The Bertz CT molecular complexity index is 1200. The van der Waals surface area contributed by atoms with E-state index in [1.165, 1.54) is 17.8 Å². The number of nitrogens with zero attached hydrogens (tertiary/aromatic N) is 3. The van der Waals surface area contributed by atoms with Gasteiger partial charge in [0.1, 0.15) is 11.6 Å². The highest BCUT2D eigenvalue weighted by Crippen LogP contribution is 2.23. The third-order valence-electron chi connectivity index (χ3n) is 4.32. The molecule has 3 aromatic rings. The summed E-state index contributed by atoms with van der Waals surface area (Å²) in [5, 5.41) is 13.9. The fraction of sp³-hybridized carbons (Fsp3) is 0.273. The van der Waals surface area contributed by atoms with Crippen LogP contribution in [0.15, 0.2) is 56.8 Å². The average Bonchev–Trinajstić information content (AvgIpc) is 2.67. The van der Waals surface area contributed by atoms with Gasteiger partial charge >= 0.3 is 5.97 Å². The predicted molar refractivity (Wildman–Crippen MR) is 120 cm³/mol. The zero-order chi connectivity index (χ0) is 22.1. The summed E-state index contributed by atoms with van der Waals surface area (Å²) in [6.45, 7) is 7.35. The van der Waals surface area contributed by atoms with Gasteiger partial charge in [-0.1, -0.05) is 48.8 Å². The number of carbonyl (C=O) groups is 1. The summed E-state index contributed by atoms with van der Waals surface area (Å²) in [5.41, 5.74) is 0.581. The Morgan fingerprint density at radius 1 is 1.27 bits per heavy atom. The molecule has 1 atom stereocenters. The van der Waals surface area contributed by atoms with Crippen molar-refractivity contribution in [3.05, 3.63) is 68.7 Å². The van der Waals surface area contributed by atoms with Crippen molar-refractivity contribution in [2.75, 3.05) is 0 Å². The highest BCUT2D eigenvalue weighted by molar-refractivity contribution is 9.10. The maximum Gasteiger partial charge on any atom is 0.344 e. The van der Waals surface area contributed by atoms with Gasteiger partial charge < -0.3 is 9.84 Å². The largest absolute Gasteiger partial charge is 0.479 e. The molecule has 7 nitrogen and oxygen atoms in total. The van der Waals surface area contributed by atoms with Gasteiger partial charge in [-0.2, -0.15) is 9.78 Å². The van der Waals surface area contributed by atoms with Crippen molar-refractivity contribution in [1.29, 1.82) is 0 Å². The molecule has 0 aliphatic rings. The van der Waals surface area contributed by atoms with Crippen molar-refractivity contribution >= 4 is 39.0 Å². The van der Waals surface area contributed by atoms with E-state index in [1.54, 1.807) is 36.4 Å². The first-order valence-electron chi connectivity index (χ1n) is 9.33. The van der Waals surface area contributed by atoms with Crippen LogP contribution in [-0.4, -0.2) is 33.1 Å². The van der Waals surface area contributed by atoms with Crippen LogP contribution in [-0.2, 0) is 10.2 Å². The minimum Gasteiger partial charge on any atom is -0.479 e. The van der Waals surface area contributed by atoms with Gasteiger partial charge in [-0.05, 0) is 42.8 Å². The maximum absolute atomic E-state index is 13.2. The van der Waals surface area contributed by atoms with E-state index in [1.807, 2.05) is 26.8 Å². The molecule has 8 heteroatoms. The fourth-order valence-electron chi connectivity index (χ4n) is 2.79. The monoisotopic (exact) mass is 471 g/mol. The number of ether oxygens (including phenoxy) is 1. The number of fused-ring (bicyclic) bond motifs is 1. The van der Waals surface area contributed by atoms with Crippen LogP contribution in [0.2, 0.25) is 0 Å². The Morgan fingerprint density at radius 2 is 2.00 bits per heavy atom. The molecule has 0 unspecified atom stereocenters. The normalized spacial score (nSPS) is 13.0. The van der Waals surface area contributed by atoms with E-state index in [0.29, 0.717) is 28.0 Å². The molecular weight excluding hydrogens is 450 g/mol. The van der Waals surface area contributed by atoms with Gasteiger partial charge in [-0.3, -0.25) is 4.79 Å². The first-order valence-corrected chi connectivity index (χ1v) is 10.1. The SMILES string of the molecule is C[C@@H](Oc1cccc(C=Nn2c(C(C)(C)C)nc3ccc(Br)cc3c2=O)c1)C(=O)O. The number of carboxylic acids is 1. The standard InChI is InChI=1S/C22H22BrN3O4/c1-13(20(28)29)30-16-7-5-6-14(10-16)12-24-26-19(27)17-11-15(23)8-9-18(17)25-21(26)22(2,3)4/h5-13H,1-4H3,(H,28,29)/t13-/m1/s1. The van der Waals surface area contributed by atoms with Crippen molar-refractivity contribution in [3.63, 3.8) is 0 Å². The molecule has 0 aliphatic heterocycles. The van der Waals surface area contributed by atoms with Crippen LogP contribution < -0.4 is 10.3 Å². The van der Waals surface area contributed by atoms with Crippen LogP contribution >= 0.6 is 15.9 Å². The van der Waals surface area contributed by atoms with Gasteiger partial charge in [-0.25, -0.2) is 9.78 Å². The van der Waals surface area contributed by atoms with Crippen molar-refractivity contribution in [2.45, 2.75) is 39.2 Å². The first kappa shape index (κ1) is 21.7. The molecule has 30 heavy (non-hydrogen) atoms. The van der Waals surface area contributed by atoms with Crippen LogP contribution in [0.25, 0.3) is 10.9 Å². The lowest BCUT2D eigenvalue weighted by Crippen LogP contribution is -2.29. The molecule has 2 aromatic carbocycles. The van der Waals surface area contributed by atoms with Crippen molar-refractivity contribution < 1.29 is 14.6 Å². The quantitative estimate of drug-likeness (QED) is 0.562. The maximum atomic E-state index is 13.2. The first-order chi connectivity index (χ1) is 14.1. The summed E-state index contributed by atoms with van der Waals surface area (Å²) in [6, 6.07) is 12.2. The van der Waals surface area contributed by atoms with Crippen molar-refractivity contribution in [3.8, 4) is 5.75 Å². The number of benzene rings is 2. The van der Waals surface area contributed by atoms with Crippen LogP contribution in [0.4, 0.5) is 0 Å². The molecule has 0 bridgehead atoms. The van der Waals surface area contributed by atoms with Gasteiger partial charge in [0.15, 0.2) is 6.10 Å². The average molecular weight is 472 g/mol. The number of aliphatic carboxylic acids is 1. The van der Waals surface area contributed by atoms with Crippen molar-refractivity contribution in [2.24, 2.45) is 5.10 Å². The Balaban J connectivity index is 2.07. The smallest absolute Gasteiger partial charge is 0.344 e. The third-order valence-corrected chi connectivity index (χ3v) is 4.81. The van der Waals surface area contributed by atoms with Gasteiger partial charge in [0.25, 0.3) is 5.56 Å². The molecule has 1 aromatic heterocycles. The molecule has 0 aliphatic carbocycles. The Kier molecular flexibility index (Phi) is 6.07. The molecule has 156 valence electrons. The molecule has 0 fully saturated rings. The minimum absolute atomic E-state index is 0.269. The zero-order valence-electron chi connectivity index (χ0n) is 17.1. The molecule has 0 saturated carbocycles. The predicted octanol–water partition coefficient (Wildman–Crippen LogP) is 4.19. The summed E-state index contributed by atoms with van der Waals surface area (Å²) < 4.78 is 7.48. The van der Waals surface area contributed by atoms with E-state index in [0.717, 1.165) is 4.47 Å². The number of carboxylic acid groups (broad SMARTS) is 1. The van der Waals surface area contributed by atoms with Gasteiger partial charge in [0.05, 0.1) is 17.1 Å². The van der Waals surface area contributed by atoms with Crippen LogP contribution in [0, 0.1) is 0 Å². The number of halogens is 1. The highest BCUT2D eigenvalue weighted by Gasteiger charge is 2.23. The Hall–Kier alpha value is -3.00. The summed E-state index contributed by atoms with van der Waals surface area (Å²) in [5.74, 6) is -0.118. The van der Waals surface area contributed by atoms with E-state index in [-0.39, 0.29) is 5.56 Å². The second-order valence-electron chi connectivity index (χ2n) is 7.88. The second-order valence-corrected chi connectivity index (χ2v) is 8.79. The van der Waals surface area contributed by atoms with Crippen LogP contribution in [0.5, 0.6) is 5.75 Å². The topological polar surface area (TPSA) is 93.8 Å². The summed E-state index contributed by atoms with van der Waals surface area (Å²) in [6.07, 6.45) is 0.552. The van der Waals surface area contributed by atoms with E-state index >= 15 is 0 Å². The number of hydrogen-bond acceptors (Lipinski definition) is 5. The molecule has 1 heterocycles. The minimum atomic E-state index is -1.05. The molecule has 0 amide bonds. The molecule has 3 rings (SSSR count). The third kappa shape index (κ3) is 4.76. The fourth-order valence-corrected chi connectivity index (χ4v) is 3.15. The molecule has 1 N–H and O–H groups in total. The number of rotatable bonds is 5. The van der Waals surface area contributed by atoms with E-state index in [2.05, 4.69) is 26.0 Å². The lowest BCUT2D eigenvalue weighted by Gasteiger charge is -2.20. The van der Waals surface area contributed by atoms with Crippen LogP contribution in [0.3, 0.4) is 0 Å². The van der Waals surface area contributed by atoms with Crippen molar-refractivity contribution in [1.82, 2.24) is 9.66 Å². The summed E-state index contributed by atoms with van der Waals surface area (Å²) >= 11 is 3.39. The Labute approximate surface area is 182 Å². The highest BCUT2D eigenvalue weighted by atomic mass is 79.9. The summed E-state index contributed by atoms with van der Waals surface area (Å²) in [7, 11) is 0. The molecule has 0 radical (unpaired) electrons. The second kappa shape index (κ2) is 8.39. The van der Waals surface area contributed by atoms with Crippen LogP contribution in [0.1, 0.15) is 39.1 Å². The van der Waals surface area contributed by atoms with E-state index in [4.69, 9.17) is 9.84 Å².